The van der Waals surface area contributed by atoms with Crippen LogP contribution in [0.1, 0.15) is 39.5 Å². The van der Waals surface area contributed by atoms with Gasteiger partial charge in [-0.25, -0.2) is 0 Å². The minimum atomic E-state index is -4.02. The molecule has 1 unspecified atom stereocenters. The molecule has 0 aliphatic heterocycles. The molecule has 0 aromatic carbocycles. The second-order valence-corrected chi connectivity index (χ2v) is 5.52. The summed E-state index contributed by atoms with van der Waals surface area (Å²) < 4.78 is 29.7. The normalized spacial score (nSPS) is 15.7. The van der Waals surface area contributed by atoms with E-state index in [-0.39, 0.29) is 57.9 Å². The first-order chi connectivity index (χ1) is 5.87. The van der Waals surface area contributed by atoms with Crippen LogP contribution >= 0.6 is 0 Å². The van der Waals surface area contributed by atoms with Gasteiger partial charge in [0.25, 0.3) is 10.1 Å². The molecule has 0 aliphatic carbocycles. The van der Waals surface area contributed by atoms with Crippen molar-refractivity contribution in [1.29, 1.82) is 0 Å². The van der Waals surface area contributed by atoms with E-state index in [0.717, 1.165) is 19.3 Å². The second-order valence-electron chi connectivity index (χ2n) is 3.59. The predicted octanol–water partition coefficient (Wildman–Crippen LogP) is 0.523. The van der Waals surface area contributed by atoms with E-state index in [1.807, 2.05) is 6.92 Å². The summed E-state index contributed by atoms with van der Waals surface area (Å²) in [5.41, 5.74) is 5.34. The molecular formula is C8H20KNO3S. The Bertz CT molecular complexity index is 243. The molecule has 0 heterocycles. The van der Waals surface area contributed by atoms with Gasteiger partial charge in [-0.2, -0.15) is 8.42 Å². The van der Waals surface area contributed by atoms with E-state index < -0.39 is 14.9 Å². The summed E-state index contributed by atoms with van der Waals surface area (Å²) in [6.07, 6.45) is 3.19. The van der Waals surface area contributed by atoms with Crippen molar-refractivity contribution in [3.8, 4) is 0 Å². The van der Waals surface area contributed by atoms with Gasteiger partial charge in [0.05, 0.1) is 0 Å². The zero-order chi connectivity index (χ0) is 10.5. The van der Waals surface area contributed by atoms with E-state index >= 15 is 0 Å². The van der Waals surface area contributed by atoms with Crippen molar-refractivity contribution >= 4 is 61.5 Å². The van der Waals surface area contributed by atoms with E-state index in [1.54, 1.807) is 0 Å². The summed E-state index contributed by atoms with van der Waals surface area (Å²) in [5.74, 6) is 0. The molecule has 0 rings (SSSR count). The third-order valence-electron chi connectivity index (χ3n) is 2.36. The van der Waals surface area contributed by atoms with Crippen LogP contribution in [0.5, 0.6) is 0 Å². The van der Waals surface area contributed by atoms with Crippen LogP contribution in [0.4, 0.5) is 0 Å². The average molecular weight is 249 g/mol. The first kappa shape index (κ1) is 17.9. The number of hydrogen-bond donors (Lipinski definition) is 2. The van der Waals surface area contributed by atoms with Crippen LogP contribution in [0.3, 0.4) is 0 Å². The van der Waals surface area contributed by atoms with Gasteiger partial charge in [-0.05, 0) is 13.3 Å². The first-order valence-electron chi connectivity index (χ1n) is 4.54. The SMILES string of the molecule is CCCCCC(C)(CN)S(=O)(=O)O.[KH]. The van der Waals surface area contributed by atoms with Gasteiger partial charge < -0.3 is 5.73 Å². The Morgan fingerprint density at radius 3 is 2.14 bits per heavy atom. The molecule has 0 saturated carbocycles. The van der Waals surface area contributed by atoms with Crippen molar-refractivity contribution in [3.63, 3.8) is 0 Å². The monoisotopic (exact) mass is 249 g/mol. The molecule has 3 N–H and O–H groups in total. The third-order valence-corrected chi connectivity index (χ3v) is 3.98. The van der Waals surface area contributed by atoms with Crippen LogP contribution in [0.2, 0.25) is 0 Å². The third kappa shape index (κ3) is 5.55. The van der Waals surface area contributed by atoms with Crippen molar-refractivity contribution in [2.75, 3.05) is 6.54 Å². The summed E-state index contributed by atoms with van der Waals surface area (Å²) in [6, 6.07) is 0. The van der Waals surface area contributed by atoms with E-state index in [0.29, 0.717) is 6.42 Å². The summed E-state index contributed by atoms with van der Waals surface area (Å²) in [5, 5.41) is 0. The maximum atomic E-state index is 11.0. The van der Waals surface area contributed by atoms with Crippen molar-refractivity contribution in [3.05, 3.63) is 0 Å². The van der Waals surface area contributed by atoms with Gasteiger partial charge >= 0.3 is 51.4 Å². The molecular weight excluding hydrogens is 229 g/mol. The molecule has 0 bridgehead atoms. The second kappa shape index (κ2) is 7.73. The van der Waals surface area contributed by atoms with E-state index in [9.17, 15) is 8.42 Å². The zero-order valence-electron chi connectivity index (χ0n) is 8.28. The molecule has 14 heavy (non-hydrogen) atoms. The average Bonchev–Trinajstić information content (AvgIpc) is 2.02. The van der Waals surface area contributed by atoms with Crippen LogP contribution < -0.4 is 5.73 Å². The molecule has 0 aromatic heterocycles. The molecule has 0 radical (unpaired) electrons. The Hall–Kier alpha value is 1.51. The molecule has 0 saturated heterocycles. The van der Waals surface area contributed by atoms with E-state index in [2.05, 4.69) is 0 Å². The number of hydrogen-bond acceptors (Lipinski definition) is 3. The molecule has 0 aliphatic rings. The molecule has 6 heteroatoms. The van der Waals surface area contributed by atoms with Gasteiger partial charge in [-0.1, -0.05) is 26.2 Å². The molecule has 0 amide bonds. The van der Waals surface area contributed by atoms with E-state index in [4.69, 9.17) is 10.3 Å². The Morgan fingerprint density at radius 2 is 1.86 bits per heavy atom. The van der Waals surface area contributed by atoms with Crippen LogP contribution in [-0.2, 0) is 10.1 Å². The van der Waals surface area contributed by atoms with Crippen LogP contribution in [0.15, 0.2) is 0 Å². The predicted molar refractivity (Wildman–Crippen MR) is 60.3 cm³/mol. The fraction of sp³-hybridized carbons (Fsp3) is 1.00. The summed E-state index contributed by atoms with van der Waals surface area (Å²) in [6.45, 7) is 3.49. The van der Waals surface area contributed by atoms with Crippen molar-refractivity contribution in [2.24, 2.45) is 5.73 Å². The maximum absolute atomic E-state index is 11.0. The van der Waals surface area contributed by atoms with Crippen molar-refractivity contribution in [1.82, 2.24) is 0 Å². The molecule has 82 valence electrons. The number of nitrogens with two attached hydrogens (primary N) is 1. The van der Waals surface area contributed by atoms with Crippen LogP contribution in [0, 0.1) is 0 Å². The Balaban J connectivity index is 0. The molecule has 4 nitrogen and oxygen atoms in total. The fourth-order valence-electron chi connectivity index (χ4n) is 1.09. The van der Waals surface area contributed by atoms with Gasteiger partial charge in [0.2, 0.25) is 0 Å². The molecule has 0 fully saturated rings. The first-order valence-corrected chi connectivity index (χ1v) is 5.98. The zero-order valence-corrected chi connectivity index (χ0v) is 9.10. The minimum absolute atomic E-state index is 0. The quantitative estimate of drug-likeness (QED) is 0.409. The fourth-order valence-corrected chi connectivity index (χ4v) is 1.70. The molecule has 0 spiro atoms. The van der Waals surface area contributed by atoms with E-state index in [1.165, 1.54) is 6.92 Å². The van der Waals surface area contributed by atoms with Crippen LogP contribution in [0.25, 0.3) is 0 Å². The van der Waals surface area contributed by atoms with Gasteiger partial charge in [0.15, 0.2) is 0 Å². The number of unbranched alkanes of at least 4 members (excludes halogenated alkanes) is 2. The molecule has 1 atom stereocenters. The molecule has 0 aromatic rings. The van der Waals surface area contributed by atoms with Crippen molar-refractivity contribution in [2.45, 2.75) is 44.3 Å². The van der Waals surface area contributed by atoms with Crippen LogP contribution in [-0.4, -0.2) is 75.6 Å². The Morgan fingerprint density at radius 1 is 1.36 bits per heavy atom. The topological polar surface area (TPSA) is 80.4 Å². The van der Waals surface area contributed by atoms with Gasteiger partial charge in [0.1, 0.15) is 4.75 Å². The van der Waals surface area contributed by atoms with Gasteiger partial charge in [-0.3, -0.25) is 4.55 Å². The van der Waals surface area contributed by atoms with Gasteiger partial charge in [-0.15, -0.1) is 0 Å². The van der Waals surface area contributed by atoms with Gasteiger partial charge in [0, 0.05) is 6.54 Å². The van der Waals surface area contributed by atoms with Crippen molar-refractivity contribution < 1.29 is 13.0 Å². The number of rotatable bonds is 6. The standard InChI is InChI=1S/C8H19NO3S.K.H/c1-3-4-5-6-8(2,7-9)13(10,11)12;;/h3-7,9H2,1-2H3,(H,10,11,12);;. The Kier molecular flexibility index (Phi) is 9.87. The summed E-state index contributed by atoms with van der Waals surface area (Å²) in [4.78, 5) is 0. The summed E-state index contributed by atoms with van der Waals surface area (Å²) in [7, 11) is -4.02. The summed E-state index contributed by atoms with van der Waals surface area (Å²) >= 11 is 0. The Labute approximate surface area is 129 Å².